The van der Waals surface area contributed by atoms with Gasteiger partial charge in [0.1, 0.15) is 6.10 Å². The van der Waals surface area contributed by atoms with Gasteiger partial charge in [-0.3, -0.25) is 4.90 Å². The summed E-state index contributed by atoms with van der Waals surface area (Å²) < 4.78 is 34.6. The van der Waals surface area contributed by atoms with Crippen molar-refractivity contribution < 1.29 is 28.4 Å². The van der Waals surface area contributed by atoms with Crippen LogP contribution in [0.2, 0.25) is 5.02 Å². The molecule has 0 spiro atoms. The zero-order valence-electron chi connectivity index (χ0n) is 17.4. The molecule has 160 valence electrons. The fourth-order valence-electron chi connectivity index (χ4n) is 4.86. The molecule has 0 saturated heterocycles. The van der Waals surface area contributed by atoms with Gasteiger partial charge < -0.3 is 28.4 Å². The Labute approximate surface area is 180 Å². The molecule has 0 bridgehead atoms. The summed E-state index contributed by atoms with van der Waals surface area (Å²) in [5, 5.41) is 0.599. The summed E-state index contributed by atoms with van der Waals surface area (Å²) in [4.78, 5) is 2.28. The van der Waals surface area contributed by atoms with E-state index < -0.39 is 0 Å². The molecule has 3 heterocycles. The molecular weight excluding hydrogens is 410 g/mol. The van der Waals surface area contributed by atoms with Crippen LogP contribution in [0.25, 0.3) is 0 Å². The number of fused-ring (bicyclic) bond motifs is 3. The first-order valence-electron chi connectivity index (χ1n) is 9.84. The number of rotatable bonds is 4. The Bertz CT molecular complexity index is 1010. The number of hydrogen-bond donors (Lipinski definition) is 0. The topological polar surface area (TPSA) is 58.6 Å². The summed E-state index contributed by atoms with van der Waals surface area (Å²) in [6.07, 6.45) is 0.578. The molecule has 2 atom stereocenters. The van der Waals surface area contributed by atoms with E-state index in [2.05, 4.69) is 18.0 Å². The molecule has 0 fully saturated rings. The molecule has 0 saturated carbocycles. The highest BCUT2D eigenvalue weighted by atomic mass is 35.5. The van der Waals surface area contributed by atoms with Crippen molar-refractivity contribution in [2.75, 3.05) is 41.7 Å². The lowest BCUT2D eigenvalue weighted by atomic mass is 9.85. The van der Waals surface area contributed by atoms with Crippen molar-refractivity contribution in [2.45, 2.75) is 25.2 Å². The van der Waals surface area contributed by atoms with Crippen LogP contribution in [0.1, 0.15) is 34.4 Å². The van der Waals surface area contributed by atoms with E-state index in [1.54, 1.807) is 21.3 Å². The normalized spacial score (nSPS) is 21.9. The van der Waals surface area contributed by atoms with Gasteiger partial charge in [-0.15, -0.1) is 0 Å². The molecule has 5 rings (SSSR count). The SMILES string of the molecule is COc1ccc2c(c1OC)CO[C@@H]2C1c2c(c(Cl)c3c(c2OC)OCO3)CCN1C. The first-order chi connectivity index (χ1) is 14.6. The molecule has 0 amide bonds. The van der Waals surface area contributed by atoms with Crippen LogP contribution in [0.3, 0.4) is 0 Å². The molecular formula is C22H24ClNO6. The van der Waals surface area contributed by atoms with Gasteiger partial charge in [0.15, 0.2) is 23.0 Å². The monoisotopic (exact) mass is 433 g/mol. The molecule has 7 nitrogen and oxygen atoms in total. The van der Waals surface area contributed by atoms with Gasteiger partial charge >= 0.3 is 0 Å². The largest absolute Gasteiger partial charge is 0.493 e. The highest BCUT2D eigenvalue weighted by molar-refractivity contribution is 6.33. The molecule has 0 aliphatic carbocycles. The molecule has 3 aliphatic rings. The second kappa shape index (κ2) is 7.41. The van der Waals surface area contributed by atoms with Crippen LogP contribution in [-0.4, -0.2) is 46.6 Å². The van der Waals surface area contributed by atoms with Crippen LogP contribution < -0.4 is 23.7 Å². The number of hydrogen-bond acceptors (Lipinski definition) is 7. The van der Waals surface area contributed by atoms with Gasteiger partial charge in [0.2, 0.25) is 12.5 Å². The molecule has 30 heavy (non-hydrogen) atoms. The molecule has 3 aliphatic heterocycles. The molecule has 0 aromatic heterocycles. The molecule has 2 aromatic rings. The Hall–Kier alpha value is -2.35. The van der Waals surface area contributed by atoms with E-state index in [0.717, 1.165) is 35.2 Å². The maximum Gasteiger partial charge on any atom is 0.231 e. The summed E-state index contributed by atoms with van der Waals surface area (Å²) >= 11 is 6.75. The minimum absolute atomic E-state index is 0.102. The average molecular weight is 434 g/mol. The lowest BCUT2D eigenvalue weighted by molar-refractivity contribution is -0.00481. The Balaban J connectivity index is 1.68. The predicted molar refractivity (Wildman–Crippen MR) is 110 cm³/mol. The number of methoxy groups -OCH3 is 3. The predicted octanol–water partition coefficient (Wildman–Crippen LogP) is 3.90. The highest BCUT2D eigenvalue weighted by Crippen LogP contribution is 2.57. The summed E-state index contributed by atoms with van der Waals surface area (Å²) in [5.41, 5.74) is 4.10. The number of likely N-dealkylation sites (N-methyl/N-ethyl adjacent to an activating group) is 1. The fourth-order valence-corrected chi connectivity index (χ4v) is 5.20. The number of halogens is 1. The van der Waals surface area contributed by atoms with Crippen LogP contribution in [0.15, 0.2) is 12.1 Å². The van der Waals surface area contributed by atoms with Crippen LogP contribution in [0, 0.1) is 0 Å². The molecule has 2 aromatic carbocycles. The van der Waals surface area contributed by atoms with Gasteiger partial charge in [0, 0.05) is 17.7 Å². The van der Waals surface area contributed by atoms with Crippen molar-refractivity contribution in [1.82, 2.24) is 4.90 Å². The van der Waals surface area contributed by atoms with Gasteiger partial charge in [0.25, 0.3) is 0 Å². The van der Waals surface area contributed by atoms with E-state index in [9.17, 15) is 0 Å². The van der Waals surface area contributed by atoms with Crippen molar-refractivity contribution in [3.05, 3.63) is 39.4 Å². The van der Waals surface area contributed by atoms with Gasteiger partial charge in [0.05, 0.1) is 39.0 Å². The third-order valence-corrected chi connectivity index (χ3v) is 6.63. The van der Waals surface area contributed by atoms with Gasteiger partial charge in [-0.2, -0.15) is 0 Å². The maximum atomic E-state index is 6.75. The first-order valence-corrected chi connectivity index (χ1v) is 10.2. The Morgan fingerprint density at radius 1 is 1.00 bits per heavy atom. The van der Waals surface area contributed by atoms with Gasteiger partial charge in [-0.1, -0.05) is 17.7 Å². The molecule has 8 heteroatoms. The fraction of sp³-hybridized carbons (Fsp3) is 0.455. The molecule has 1 unspecified atom stereocenters. The van der Waals surface area contributed by atoms with E-state index >= 15 is 0 Å². The van der Waals surface area contributed by atoms with E-state index in [4.69, 9.17) is 40.0 Å². The Morgan fingerprint density at radius 3 is 2.50 bits per heavy atom. The van der Waals surface area contributed by atoms with Crippen molar-refractivity contribution in [2.24, 2.45) is 0 Å². The lowest BCUT2D eigenvalue weighted by Crippen LogP contribution is -2.36. The van der Waals surface area contributed by atoms with E-state index in [-0.39, 0.29) is 18.9 Å². The van der Waals surface area contributed by atoms with Crippen molar-refractivity contribution in [3.63, 3.8) is 0 Å². The lowest BCUT2D eigenvalue weighted by Gasteiger charge is -2.39. The first kappa shape index (κ1) is 19.6. The third kappa shape index (κ3) is 2.65. The van der Waals surface area contributed by atoms with Crippen molar-refractivity contribution in [3.8, 4) is 28.7 Å². The number of benzene rings is 2. The zero-order valence-corrected chi connectivity index (χ0v) is 18.2. The van der Waals surface area contributed by atoms with Crippen molar-refractivity contribution >= 4 is 11.6 Å². The average Bonchev–Trinajstić information content (AvgIpc) is 3.41. The summed E-state index contributed by atoms with van der Waals surface area (Å²) in [6, 6.07) is 3.87. The third-order valence-electron chi connectivity index (χ3n) is 6.23. The molecule has 0 radical (unpaired) electrons. The maximum absolute atomic E-state index is 6.75. The summed E-state index contributed by atoms with van der Waals surface area (Å²) in [7, 11) is 7.03. The van der Waals surface area contributed by atoms with E-state index in [1.807, 2.05) is 6.07 Å². The number of nitrogens with zero attached hydrogens (tertiary/aromatic N) is 1. The van der Waals surface area contributed by atoms with E-state index in [1.165, 1.54) is 0 Å². The summed E-state index contributed by atoms with van der Waals surface area (Å²) in [5.74, 6) is 3.20. The van der Waals surface area contributed by atoms with Crippen LogP contribution in [0.5, 0.6) is 28.7 Å². The van der Waals surface area contributed by atoms with Gasteiger partial charge in [-0.25, -0.2) is 0 Å². The van der Waals surface area contributed by atoms with Crippen LogP contribution >= 0.6 is 11.6 Å². The standard InChI is InChI=1S/C22H24ClNO6/c1-24-8-7-12-15(20(27-4)22-21(16(12)23)29-10-30-22)17(24)19-11-5-6-14(25-2)18(26-3)13(11)9-28-19/h5-6,17,19H,7-10H2,1-4H3/t17?,19-/m0/s1. The van der Waals surface area contributed by atoms with Crippen LogP contribution in [-0.2, 0) is 17.8 Å². The quantitative estimate of drug-likeness (QED) is 0.724. The second-order valence-corrected chi connectivity index (χ2v) is 7.96. The van der Waals surface area contributed by atoms with Crippen molar-refractivity contribution in [1.29, 1.82) is 0 Å². The minimum Gasteiger partial charge on any atom is -0.493 e. The second-order valence-electron chi connectivity index (χ2n) is 7.58. The molecule has 0 N–H and O–H groups in total. The summed E-state index contributed by atoms with van der Waals surface area (Å²) in [6.45, 7) is 1.41. The van der Waals surface area contributed by atoms with Gasteiger partial charge in [-0.05, 0) is 30.7 Å². The smallest absolute Gasteiger partial charge is 0.231 e. The number of ether oxygens (including phenoxy) is 6. The van der Waals surface area contributed by atoms with E-state index in [0.29, 0.717) is 40.4 Å². The minimum atomic E-state index is -0.214. The Kier molecular flexibility index (Phi) is 4.84. The highest BCUT2D eigenvalue weighted by Gasteiger charge is 2.44. The van der Waals surface area contributed by atoms with Crippen LogP contribution in [0.4, 0.5) is 0 Å². The Morgan fingerprint density at radius 2 is 1.77 bits per heavy atom. The zero-order chi connectivity index (χ0) is 21.0.